The van der Waals surface area contributed by atoms with Crippen LogP contribution in [0.25, 0.3) is 0 Å². The van der Waals surface area contributed by atoms with E-state index in [0.29, 0.717) is 18.8 Å². The number of nitrogens with one attached hydrogen (secondary N) is 5. The lowest BCUT2D eigenvalue weighted by molar-refractivity contribution is -0.367. The van der Waals surface area contributed by atoms with E-state index < -0.39 is 216 Å². The van der Waals surface area contributed by atoms with E-state index in [0.717, 1.165) is 53.4 Å². The summed E-state index contributed by atoms with van der Waals surface area (Å²) >= 11 is 0. The van der Waals surface area contributed by atoms with Crippen molar-refractivity contribution in [3.8, 4) is 5.75 Å². The summed E-state index contributed by atoms with van der Waals surface area (Å²) in [5.74, 6) is -3.54. The third kappa shape index (κ3) is 18.7. The van der Waals surface area contributed by atoms with Gasteiger partial charge in [0.05, 0.1) is 39.6 Å². The Hall–Kier alpha value is -4.73. The Morgan fingerprint density at radius 2 is 0.830 bits per heavy atom. The number of aliphatic hydroxyl groups is 12. The highest BCUT2D eigenvalue weighted by Crippen LogP contribution is 2.36. The highest BCUT2D eigenvalue weighted by atomic mass is 16.8. The van der Waals surface area contributed by atoms with Gasteiger partial charge in [0.2, 0.25) is 23.6 Å². The van der Waals surface area contributed by atoms with Gasteiger partial charge in [-0.1, -0.05) is 44.4 Å². The Morgan fingerprint density at radius 3 is 1.24 bits per heavy atom. The van der Waals surface area contributed by atoms with Crippen LogP contribution in [0.5, 0.6) is 5.75 Å². The minimum Gasteiger partial charge on any atom is -0.494 e. The van der Waals surface area contributed by atoms with E-state index in [2.05, 4.69) is 45.7 Å². The molecular weight excluding hydrogens is 1170 g/mol. The SMILES string of the molecule is CCCCCC/C=C\CCCOc1cccc(C(=O)N[C@@H]2C(O[C@@H]3C(CO)O[C@@H](OC4C(CO)O[C@@H](O[C@@H]5C(CO)OC(OC6C(CO)OC(O)[C@@H](NC(C)=O)[C@H]6O)C(NC(C)=O)C5O)[C@@H](NC(C)=O)[C@H]4O)C(NC(C)=O)C3O)OC(CO)[C@@H](O)[C@@H]2O)c1. The largest absolute Gasteiger partial charge is 0.494 e. The normalized spacial score (nSPS) is 37.8. The van der Waals surface area contributed by atoms with Crippen LogP contribution in [0.2, 0.25) is 0 Å². The number of ether oxygens (including phenoxy) is 10. The summed E-state index contributed by atoms with van der Waals surface area (Å²) in [4.78, 5) is 64.1. The molecule has 17 N–H and O–H groups in total. The number of amides is 5. The van der Waals surface area contributed by atoms with E-state index in [4.69, 9.17) is 47.4 Å². The van der Waals surface area contributed by atoms with Gasteiger partial charge in [0.15, 0.2) is 31.5 Å². The zero-order chi connectivity index (χ0) is 64.5. The number of allylic oxidation sites excluding steroid dienone is 2. The molecule has 0 spiro atoms. The van der Waals surface area contributed by atoms with Gasteiger partial charge in [-0.15, -0.1) is 0 Å². The average Bonchev–Trinajstić information content (AvgIpc) is 1.74. The van der Waals surface area contributed by atoms with Crippen molar-refractivity contribution in [2.24, 2.45) is 0 Å². The number of hydrogen-bond donors (Lipinski definition) is 17. The van der Waals surface area contributed by atoms with Crippen molar-refractivity contribution in [3.63, 3.8) is 0 Å². The monoisotopic (exact) mass is 1260 g/mol. The number of rotatable bonds is 29. The summed E-state index contributed by atoms with van der Waals surface area (Å²) in [5.41, 5.74) is 0.0576. The van der Waals surface area contributed by atoms with Crippen LogP contribution in [0.4, 0.5) is 0 Å². The summed E-state index contributed by atoms with van der Waals surface area (Å²) in [5, 5.41) is 145. The molecule has 25 atom stereocenters. The molecule has 5 aliphatic rings. The molecule has 5 amide bonds. The fraction of sp³-hybridized carbons (Fsp3) is 0.768. The van der Waals surface area contributed by atoms with Gasteiger partial charge >= 0.3 is 0 Å². The molecule has 32 nitrogen and oxygen atoms in total. The molecule has 1 aromatic carbocycles. The lowest BCUT2D eigenvalue weighted by Gasteiger charge is -2.51. The molecule has 32 heteroatoms. The van der Waals surface area contributed by atoms with Gasteiger partial charge in [-0.25, -0.2) is 0 Å². The Labute approximate surface area is 507 Å². The number of carbonyl (C=O) groups excluding carboxylic acids is 5. The van der Waals surface area contributed by atoms with Gasteiger partial charge in [0.1, 0.15) is 128 Å². The summed E-state index contributed by atoms with van der Waals surface area (Å²) in [6.07, 6.45) is -24.4. The summed E-state index contributed by atoms with van der Waals surface area (Å²) < 4.78 is 59.8. The fourth-order valence-electron chi connectivity index (χ4n) is 11.1. The number of aliphatic hydroxyl groups excluding tert-OH is 12. The van der Waals surface area contributed by atoms with E-state index in [1.165, 1.54) is 25.0 Å². The maximum absolute atomic E-state index is 13.9. The van der Waals surface area contributed by atoms with Crippen molar-refractivity contribution < 1.29 is 133 Å². The Kier molecular flexibility index (Phi) is 28.5. The summed E-state index contributed by atoms with van der Waals surface area (Å²) in [6, 6.07) is -2.18. The van der Waals surface area contributed by atoms with E-state index in [1.807, 2.05) is 0 Å². The highest BCUT2D eigenvalue weighted by Gasteiger charge is 2.58. The summed E-state index contributed by atoms with van der Waals surface area (Å²) in [7, 11) is 0. The van der Waals surface area contributed by atoms with E-state index >= 15 is 0 Å². The molecule has 0 bridgehead atoms. The average molecular weight is 1260 g/mol. The van der Waals surface area contributed by atoms with Crippen LogP contribution in [0, 0.1) is 0 Å². The van der Waals surface area contributed by atoms with E-state index in [1.54, 1.807) is 12.1 Å². The predicted molar refractivity (Wildman–Crippen MR) is 297 cm³/mol. The van der Waals surface area contributed by atoms with Crippen LogP contribution in [0.15, 0.2) is 36.4 Å². The van der Waals surface area contributed by atoms with Crippen LogP contribution in [0.1, 0.15) is 89.9 Å². The molecule has 1 aromatic rings. The van der Waals surface area contributed by atoms with Crippen molar-refractivity contribution in [2.75, 3.05) is 39.6 Å². The third-order valence-electron chi connectivity index (χ3n) is 15.5. The first-order valence-corrected chi connectivity index (χ1v) is 29.5. The maximum Gasteiger partial charge on any atom is 0.251 e. The molecule has 5 saturated heterocycles. The highest BCUT2D eigenvalue weighted by molar-refractivity contribution is 5.94. The Morgan fingerprint density at radius 1 is 0.455 bits per heavy atom. The molecule has 88 heavy (non-hydrogen) atoms. The van der Waals surface area contributed by atoms with Gasteiger partial charge in [-0.2, -0.15) is 0 Å². The number of benzene rings is 1. The maximum atomic E-state index is 13.9. The van der Waals surface area contributed by atoms with E-state index in [-0.39, 0.29) is 5.56 Å². The topological polar surface area (TPSA) is 481 Å². The van der Waals surface area contributed by atoms with Crippen molar-refractivity contribution >= 4 is 29.5 Å². The number of hydrogen-bond acceptors (Lipinski definition) is 27. The van der Waals surface area contributed by atoms with Crippen molar-refractivity contribution in [1.82, 2.24) is 26.6 Å². The molecule has 5 heterocycles. The molecule has 6 rings (SSSR count). The molecule has 500 valence electrons. The molecule has 0 aromatic heterocycles. The van der Waals surface area contributed by atoms with Crippen molar-refractivity contribution in [1.29, 1.82) is 0 Å². The quantitative estimate of drug-likeness (QED) is 0.0262. The first-order chi connectivity index (χ1) is 42.0. The molecule has 5 fully saturated rings. The standard InChI is InChI=1S/C56H89N5O27/c1-6-7-8-9-10-11-12-13-14-18-79-30-17-15-16-29(19-30)51(77)61-37-42(72)41(71)31(20-62)81-53(37)86-48-33(22-64)83-55(39(44(48)74)59-27(4)69)88-50-35(24-66)84-56(40(46(50)76)60-28(5)70)87-49-34(23-65)82-54(38(45(49)75)58-26(3)68)85-47-32(21-63)80-52(78)36(43(47)73)57-25(2)67/h11-12,15-17,19,31-50,52-56,62-66,71-76,78H,6-10,13-14,18,20-24H2,1-5H3,(H,57,67)(H,58,68)(H,59,69)(H,60,70)(H,61,77)/b12-11-/t31?,32?,33?,34?,35?,36-,37-,38?,39?,40-,41+,42+,43+,44?,45?,46+,47?,48+,49+,50?,52?,53?,54?,55-,56-/m0/s1. The van der Waals surface area contributed by atoms with Gasteiger partial charge in [-0.3, -0.25) is 24.0 Å². The second-order valence-electron chi connectivity index (χ2n) is 22.2. The van der Waals surface area contributed by atoms with Crippen LogP contribution < -0.4 is 31.3 Å². The minimum atomic E-state index is -2.03. The van der Waals surface area contributed by atoms with Crippen molar-refractivity contribution in [3.05, 3.63) is 42.0 Å². The molecule has 0 radical (unpaired) electrons. The first-order valence-electron chi connectivity index (χ1n) is 29.5. The van der Waals surface area contributed by atoms with Crippen LogP contribution in [-0.4, -0.2) is 284 Å². The molecule has 5 aliphatic heterocycles. The van der Waals surface area contributed by atoms with Gasteiger partial charge in [-0.05, 0) is 43.9 Å². The molecule has 0 aliphatic carbocycles. The van der Waals surface area contributed by atoms with Crippen LogP contribution in [0.3, 0.4) is 0 Å². The van der Waals surface area contributed by atoms with Crippen LogP contribution in [-0.2, 0) is 61.8 Å². The number of carbonyl (C=O) groups is 5. The van der Waals surface area contributed by atoms with Crippen molar-refractivity contribution in [2.45, 2.75) is 233 Å². The van der Waals surface area contributed by atoms with Gasteiger partial charge in [0.25, 0.3) is 5.91 Å². The smallest absolute Gasteiger partial charge is 0.251 e. The third-order valence-corrected chi connectivity index (χ3v) is 15.5. The Balaban J connectivity index is 1.18. The fourth-order valence-corrected chi connectivity index (χ4v) is 11.1. The molecular formula is C56H89N5O27. The Bertz CT molecular complexity index is 2400. The van der Waals surface area contributed by atoms with Gasteiger partial charge in [0, 0.05) is 33.3 Å². The zero-order valence-corrected chi connectivity index (χ0v) is 49.6. The predicted octanol–water partition coefficient (Wildman–Crippen LogP) is -6.23. The molecule has 0 saturated carbocycles. The second-order valence-corrected chi connectivity index (χ2v) is 22.2. The first kappa shape index (κ1) is 72.3. The van der Waals surface area contributed by atoms with E-state index in [9.17, 15) is 85.3 Å². The summed E-state index contributed by atoms with van der Waals surface area (Å²) in [6.45, 7) is 2.01. The zero-order valence-electron chi connectivity index (χ0n) is 49.6. The lowest BCUT2D eigenvalue weighted by Crippen LogP contribution is -2.72. The molecule has 14 unspecified atom stereocenters. The second kappa shape index (κ2) is 34.6. The van der Waals surface area contributed by atoms with Crippen LogP contribution >= 0.6 is 0 Å². The number of unbranched alkanes of at least 4 members (excludes halogenated alkanes) is 5. The lowest BCUT2D eigenvalue weighted by atomic mass is 9.93. The van der Waals surface area contributed by atoms with Gasteiger partial charge < -0.3 is 135 Å². The minimum absolute atomic E-state index is 0.0576.